The second kappa shape index (κ2) is 11.7. The van der Waals surface area contributed by atoms with E-state index in [0.717, 1.165) is 0 Å². The fraction of sp³-hybridized carbons (Fsp3) is 0.409. The van der Waals surface area contributed by atoms with Crippen molar-refractivity contribution in [3.8, 4) is 5.75 Å². The van der Waals surface area contributed by atoms with Crippen molar-refractivity contribution >= 4 is 17.8 Å². The Morgan fingerprint density at radius 3 is 2.45 bits per heavy atom. The summed E-state index contributed by atoms with van der Waals surface area (Å²) in [5.41, 5.74) is -0.400. The van der Waals surface area contributed by atoms with E-state index in [1.165, 1.54) is 6.08 Å². The van der Waals surface area contributed by atoms with Gasteiger partial charge in [-0.1, -0.05) is 24.3 Å². The van der Waals surface area contributed by atoms with Gasteiger partial charge in [0.15, 0.2) is 6.61 Å². The number of ether oxygens (including phenoxy) is 3. The molecule has 0 bridgehead atoms. The fourth-order valence-electron chi connectivity index (χ4n) is 2.22. The number of nitrogens with one attached hydrogen (secondary N) is 1. The summed E-state index contributed by atoms with van der Waals surface area (Å²) in [6.45, 7) is 12.2. The highest BCUT2D eigenvalue weighted by Gasteiger charge is 2.25. The standard InChI is InChI=1S/C22H29NO6/c1-6-8-14-27-19-13-10-9-12-16(19)18(24)15-28-20(25)17(11-7-2)23-21(26)29-22(3,4)5/h6-7,9-10,12-13,17H,1-2,8,11,14-15H2,3-5H3,(H,23,26). The van der Waals surface area contributed by atoms with Crippen LogP contribution in [0, 0.1) is 0 Å². The zero-order valence-electron chi connectivity index (χ0n) is 17.2. The quantitative estimate of drug-likeness (QED) is 0.261. The van der Waals surface area contributed by atoms with Crippen molar-refractivity contribution in [2.75, 3.05) is 13.2 Å². The van der Waals surface area contributed by atoms with E-state index < -0.39 is 36.1 Å². The number of alkyl carbamates (subject to hydrolysis) is 1. The molecule has 1 aromatic carbocycles. The van der Waals surface area contributed by atoms with Crippen LogP contribution in [0.3, 0.4) is 0 Å². The molecule has 1 N–H and O–H groups in total. The number of rotatable bonds is 11. The SMILES string of the molecule is C=CCCOc1ccccc1C(=O)COC(=O)C(CC=C)NC(=O)OC(C)(C)C. The number of Topliss-reactive ketones (excluding diaryl/α,β-unsaturated/α-hetero) is 1. The van der Waals surface area contributed by atoms with Crippen molar-refractivity contribution in [2.45, 2.75) is 45.3 Å². The molecule has 0 aliphatic heterocycles. The number of carbonyl (C=O) groups is 3. The second-order valence-corrected chi connectivity index (χ2v) is 7.18. The number of para-hydroxylation sites is 1. The van der Waals surface area contributed by atoms with Crippen molar-refractivity contribution in [2.24, 2.45) is 0 Å². The van der Waals surface area contributed by atoms with E-state index in [9.17, 15) is 14.4 Å². The van der Waals surface area contributed by atoms with Gasteiger partial charge in [0.05, 0.1) is 12.2 Å². The van der Waals surface area contributed by atoms with Gasteiger partial charge in [-0.25, -0.2) is 9.59 Å². The summed E-state index contributed by atoms with van der Waals surface area (Å²) in [6.07, 6.45) is 3.19. The molecule has 0 heterocycles. The Bertz CT molecular complexity index is 735. The van der Waals surface area contributed by atoms with E-state index in [0.29, 0.717) is 24.3 Å². The number of ketones is 1. The van der Waals surface area contributed by atoms with Crippen LogP contribution in [0.25, 0.3) is 0 Å². The lowest BCUT2D eigenvalue weighted by Crippen LogP contribution is -2.44. The number of hydrogen-bond donors (Lipinski definition) is 1. The molecule has 158 valence electrons. The van der Waals surface area contributed by atoms with E-state index in [2.05, 4.69) is 18.5 Å². The Hall–Kier alpha value is -3.09. The molecule has 29 heavy (non-hydrogen) atoms. The van der Waals surface area contributed by atoms with Crippen LogP contribution < -0.4 is 10.1 Å². The van der Waals surface area contributed by atoms with Gasteiger partial charge >= 0.3 is 12.1 Å². The number of amides is 1. The molecule has 7 heteroatoms. The minimum atomic E-state index is -1.01. The maximum atomic E-state index is 12.5. The first kappa shape index (κ1) is 23.9. The lowest BCUT2D eigenvalue weighted by molar-refractivity contribution is -0.144. The molecule has 0 aromatic heterocycles. The van der Waals surface area contributed by atoms with Gasteiger partial charge in [0, 0.05) is 0 Å². The number of benzene rings is 1. The summed E-state index contributed by atoms with van der Waals surface area (Å²) >= 11 is 0. The van der Waals surface area contributed by atoms with Gasteiger partial charge in [0.25, 0.3) is 0 Å². The summed E-state index contributed by atoms with van der Waals surface area (Å²) in [5, 5.41) is 2.43. The van der Waals surface area contributed by atoms with E-state index in [4.69, 9.17) is 14.2 Å². The summed E-state index contributed by atoms with van der Waals surface area (Å²) in [4.78, 5) is 36.7. The third-order valence-corrected chi connectivity index (χ3v) is 3.49. The lowest BCUT2D eigenvalue weighted by atomic mass is 10.1. The molecule has 7 nitrogen and oxygen atoms in total. The summed E-state index contributed by atoms with van der Waals surface area (Å²) < 4.78 is 15.8. The van der Waals surface area contributed by atoms with E-state index in [-0.39, 0.29) is 6.42 Å². The Morgan fingerprint density at radius 1 is 1.14 bits per heavy atom. The largest absolute Gasteiger partial charge is 0.493 e. The van der Waals surface area contributed by atoms with Crippen molar-refractivity contribution in [1.82, 2.24) is 5.32 Å². The van der Waals surface area contributed by atoms with Gasteiger partial charge in [-0.15, -0.1) is 13.2 Å². The topological polar surface area (TPSA) is 90.9 Å². The summed E-state index contributed by atoms with van der Waals surface area (Å²) in [7, 11) is 0. The molecule has 0 spiro atoms. The zero-order valence-corrected chi connectivity index (χ0v) is 17.2. The predicted molar refractivity (Wildman–Crippen MR) is 110 cm³/mol. The van der Waals surface area contributed by atoms with Gasteiger partial charge in [-0.05, 0) is 45.7 Å². The molecule has 0 aliphatic carbocycles. The number of carbonyl (C=O) groups excluding carboxylic acids is 3. The zero-order chi connectivity index (χ0) is 21.9. The van der Waals surface area contributed by atoms with Gasteiger partial charge < -0.3 is 19.5 Å². The molecule has 1 atom stereocenters. The molecule has 1 unspecified atom stereocenters. The van der Waals surface area contributed by atoms with Crippen LogP contribution >= 0.6 is 0 Å². The van der Waals surface area contributed by atoms with Crippen LogP contribution in [0.15, 0.2) is 49.6 Å². The molecule has 0 aliphatic rings. The minimum Gasteiger partial charge on any atom is -0.493 e. The van der Waals surface area contributed by atoms with E-state index in [1.54, 1.807) is 51.1 Å². The Balaban J connectivity index is 2.70. The Kier molecular flexibility index (Phi) is 9.65. The molecule has 1 amide bonds. The normalized spacial score (nSPS) is 11.7. The third-order valence-electron chi connectivity index (χ3n) is 3.49. The second-order valence-electron chi connectivity index (χ2n) is 7.18. The minimum absolute atomic E-state index is 0.132. The molecule has 1 aromatic rings. The molecule has 0 fully saturated rings. The van der Waals surface area contributed by atoms with Gasteiger partial charge in [-0.2, -0.15) is 0 Å². The van der Waals surface area contributed by atoms with Crippen molar-refractivity contribution < 1.29 is 28.6 Å². The van der Waals surface area contributed by atoms with Crippen LogP contribution in [-0.2, 0) is 14.3 Å². The fourth-order valence-corrected chi connectivity index (χ4v) is 2.22. The average Bonchev–Trinajstić information content (AvgIpc) is 2.64. The van der Waals surface area contributed by atoms with Crippen molar-refractivity contribution in [1.29, 1.82) is 0 Å². The van der Waals surface area contributed by atoms with Gasteiger partial charge in [0.2, 0.25) is 5.78 Å². The first-order valence-electron chi connectivity index (χ1n) is 9.31. The molecule has 0 saturated heterocycles. The molecule has 1 rings (SSSR count). The van der Waals surface area contributed by atoms with Crippen molar-refractivity contribution in [3.63, 3.8) is 0 Å². The Labute approximate surface area is 171 Å². The molecule has 0 saturated carbocycles. The van der Waals surface area contributed by atoms with E-state index >= 15 is 0 Å². The number of hydrogen-bond acceptors (Lipinski definition) is 6. The highest BCUT2D eigenvalue weighted by molar-refractivity contribution is 6.00. The van der Waals surface area contributed by atoms with E-state index in [1.807, 2.05) is 0 Å². The van der Waals surface area contributed by atoms with Crippen LogP contribution in [-0.4, -0.2) is 42.7 Å². The van der Waals surface area contributed by atoms with Crippen LogP contribution in [0.2, 0.25) is 0 Å². The van der Waals surface area contributed by atoms with Gasteiger partial charge in [0.1, 0.15) is 17.4 Å². The predicted octanol–water partition coefficient (Wildman–Crippen LogP) is 3.84. The smallest absolute Gasteiger partial charge is 0.408 e. The molecular formula is C22H29NO6. The molecule has 0 radical (unpaired) electrons. The van der Waals surface area contributed by atoms with Crippen LogP contribution in [0.5, 0.6) is 5.75 Å². The van der Waals surface area contributed by atoms with Crippen LogP contribution in [0.1, 0.15) is 44.0 Å². The Morgan fingerprint density at radius 2 is 1.83 bits per heavy atom. The first-order chi connectivity index (χ1) is 13.7. The summed E-state index contributed by atoms with van der Waals surface area (Å²) in [6, 6.07) is 5.70. The first-order valence-corrected chi connectivity index (χ1v) is 9.31. The van der Waals surface area contributed by atoms with Crippen molar-refractivity contribution in [3.05, 3.63) is 55.1 Å². The average molecular weight is 403 g/mol. The lowest BCUT2D eigenvalue weighted by Gasteiger charge is -2.22. The summed E-state index contributed by atoms with van der Waals surface area (Å²) in [5.74, 6) is -0.763. The maximum absolute atomic E-state index is 12.5. The third kappa shape index (κ3) is 9.10. The van der Waals surface area contributed by atoms with Crippen LogP contribution in [0.4, 0.5) is 4.79 Å². The van der Waals surface area contributed by atoms with Gasteiger partial charge in [-0.3, -0.25) is 4.79 Å². The highest BCUT2D eigenvalue weighted by atomic mass is 16.6. The number of esters is 1. The maximum Gasteiger partial charge on any atom is 0.408 e. The molecular weight excluding hydrogens is 374 g/mol. The highest BCUT2D eigenvalue weighted by Crippen LogP contribution is 2.19. The monoisotopic (exact) mass is 403 g/mol.